The number of carboxylic acid groups (broad SMARTS) is 2. The summed E-state index contributed by atoms with van der Waals surface area (Å²) in [4.78, 5) is 32.9. The number of carbonyl (C=O) groups excluding carboxylic acids is 1. The van der Waals surface area contributed by atoms with Crippen molar-refractivity contribution in [2.24, 2.45) is 5.92 Å². The molecule has 0 spiro atoms. The lowest BCUT2D eigenvalue weighted by Gasteiger charge is -2.07. The van der Waals surface area contributed by atoms with E-state index in [9.17, 15) is 14.4 Å². The zero-order chi connectivity index (χ0) is 33.4. The van der Waals surface area contributed by atoms with Gasteiger partial charge in [-0.3, -0.25) is 14.4 Å². The van der Waals surface area contributed by atoms with Gasteiger partial charge in [0.05, 0.1) is 5.92 Å². The second-order valence-electron chi connectivity index (χ2n) is 9.93. The predicted octanol–water partition coefficient (Wildman–Crippen LogP) is 11.2. The minimum atomic E-state index is -0.748. The van der Waals surface area contributed by atoms with Crippen LogP contribution in [0.15, 0.2) is 0 Å². The van der Waals surface area contributed by atoms with Crippen molar-refractivity contribution >= 4 is 82.6 Å². The number of nitrogens with one attached hydrogen (secondary N) is 1. The first-order valence-corrected chi connectivity index (χ1v) is 24.5. The van der Waals surface area contributed by atoms with Gasteiger partial charge in [-0.1, -0.05) is 155 Å². The Morgan fingerprint density at radius 1 is 0.512 bits per heavy atom. The van der Waals surface area contributed by atoms with E-state index in [4.69, 9.17) is 10.2 Å². The molecule has 0 bridgehead atoms. The van der Waals surface area contributed by atoms with Crippen LogP contribution in [0.25, 0.3) is 0 Å². The molecule has 0 aliphatic rings. The van der Waals surface area contributed by atoms with E-state index in [0.29, 0.717) is 25.8 Å². The lowest BCUT2D eigenvalue weighted by molar-refractivity contribution is -0.141. The van der Waals surface area contributed by atoms with Crippen molar-refractivity contribution in [3.05, 3.63) is 0 Å². The molecule has 0 saturated carbocycles. The molecule has 0 fully saturated rings. The van der Waals surface area contributed by atoms with Gasteiger partial charge in [0.2, 0.25) is 5.91 Å². The lowest BCUT2D eigenvalue weighted by Crippen LogP contribution is -2.24. The van der Waals surface area contributed by atoms with E-state index >= 15 is 0 Å². The Morgan fingerprint density at radius 2 is 0.837 bits per heavy atom. The first-order chi connectivity index (χ1) is 20.7. The van der Waals surface area contributed by atoms with Gasteiger partial charge in [-0.2, -0.15) is 0 Å². The topological polar surface area (TPSA) is 104 Å². The van der Waals surface area contributed by atoms with Crippen molar-refractivity contribution in [2.45, 2.75) is 129 Å². The summed E-state index contributed by atoms with van der Waals surface area (Å²) < 4.78 is 0. The van der Waals surface area contributed by atoms with E-state index in [-0.39, 0.29) is 11.8 Å². The van der Waals surface area contributed by atoms with Crippen molar-refractivity contribution in [1.29, 1.82) is 0 Å². The molecule has 12 heteroatoms. The smallest absolute Gasteiger partial charge is 0.306 e. The van der Waals surface area contributed by atoms with Gasteiger partial charge in [0.1, 0.15) is 0 Å². The predicted molar refractivity (Wildman–Crippen MR) is 206 cm³/mol. The highest BCUT2D eigenvalue weighted by Crippen LogP contribution is 2.14. The molecule has 0 saturated heterocycles. The molecule has 0 rings (SSSR count). The number of carbonyl (C=O) groups is 3. The van der Waals surface area contributed by atoms with Crippen molar-refractivity contribution in [1.82, 2.24) is 5.32 Å². The summed E-state index contributed by atoms with van der Waals surface area (Å²) in [6.07, 6.45) is 32.2. The van der Waals surface area contributed by atoms with E-state index in [1.165, 1.54) is 57.8 Å². The molecule has 0 unspecified atom stereocenters. The third kappa shape index (κ3) is 58.6. The zero-order valence-electron chi connectivity index (χ0n) is 28.3. The molecule has 43 heavy (non-hydrogen) atoms. The van der Waals surface area contributed by atoms with Gasteiger partial charge in [-0.05, 0) is 63.2 Å². The summed E-state index contributed by atoms with van der Waals surface area (Å²) in [6, 6.07) is 0. The maximum atomic E-state index is 11.8. The van der Waals surface area contributed by atoms with Crippen LogP contribution in [0.1, 0.15) is 129 Å². The van der Waals surface area contributed by atoms with Gasteiger partial charge in [0, 0.05) is 19.4 Å². The molecule has 260 valence electrons. The number of carboxylic acids is 2. The highest BCUT2D eigenvalue weighted by atomic mass is 33.1. The Labute approximate surface area is 289 Å². The van der Waals surface area contributed by atoms with Gasteiger partial charge >= 0.3 is 11.9 Å². The van der Waals surface area contributed by atoms with E-state index in [0.717, 1.165) is 44.9 Å². The monoisotopic (exact) mass is 723 g/mol. The molecule has 0 radical (unpaired) electrons. The van der Waals surface area contributed by atoms with Crippen LogP contribution in [-0.4, -0.2) is 72.1 Å². The fourth-order valence-electron chi connectivity index (χ4n) is 3.70. The Bertz CT molecular complexity index is 561. The summed E-state index contributed by atoms with van der Waals surface area (Å²) in [5.74, 6) is -1.61. The first kappa shape index (κ1) is 50.4. The number of unbranched alkanes of at least 4 members (excludes halogenated alkanes) is 14. The van der Waals surface area contributed by atoms with Crippen molar-refractivity contribution in [2.75, 3.05) is 44.1 Å². The van der Waals surface area contributed by atoms with Crippen LogP contribution in [0.5, 0.6) is 0 Å². The zero-order valence-corrected chi connectivity index (χ0v) is 33.2. The van der Waals surface area contributed by atoms with Crippen molar-refractivity contribution in [3.63, 3.8) is 0 Å². The van der Waals surface area contributed by atoms with E-state index < -0.39 is 11.9 Å². The molecular weight excluding hydrogens is 659 g/mol. The van der Waals surface area contributed by atoms with Crippen molar-refractivity contribution in [3.8, 4) is 0 Å². The molecular formula is C31H65NO5S6. The maximum Gasteiger partial charge on any atom is 0.306 e. The minimum absolute atomic E-state index is 0.119. The van der Waals surface area contributed by atoms with Crippen LogP contribution in [0, 0.1) is 5.92 Å². The number of aliphatic carboxylic acids is 2. The van der Waals surface area contributed by atoms with Crippen LogP contribution < -0.4 is 5.32 Å². The second-order valence-corrected chi connectivity index (χ2v) is 17.9. The fourth-order valence-corrected chi connectivity index (χ4v) is 3.70. The highest BCUT2D eigenvalue weighted by Gasteiger charge is 2.09. The summed E-state index contributed by atoms with van der Waals surface area (Å²) >= 11 is 0. The summed E-state index contributed by atoms with van der Waals surface area (Å²) in [5.41, 5.74) is 0. The minimum Gasteiger partial charge on any atom is -0.481 e. The Morgan fingerprint density at radius 3 is 1.14 bits per heavy atom. The average Bonchev–Trinajstić information content (AvgIpc) is 3.00. The summed E-state index contributed by atoms with van der Waals surface area (Å²) in [5, 5.41) is 20.3. The molecule has 0 aliphatic heterocycles. The van der Waals surface area contributed by atoms with Gasteiger partial charge in [-0.15, -0.1) is 0 Å². The summed E-state index contributed by atoms with van der Waals surface area (Å²) in [7, 11) is 10.6. The molecule has 0 aromatic heterocycles. The molecule has 3 N–H and O–H groups in total. The Kier molecular flexibility index (Phi) is 55.0. The van der Waals surface area contributed by atoms with Gasteiger partial charge in [0.15, 0.2) is 0 Å². The maximum absolute atomic E-state index is 11.8. The summed E-state index contributed by atoms with van der Waals surface area (Å²) in [6.45, 7) is 2.37. The standard InChI is InChI=1S/C25H47NO5.3C2H6S2/c1-22(25(30)31)18-16-17-21-26-23(27)19-14-12-10-8-6-4-2-3-5-7-9-11-13-15-20-24(28)29;3*1-3-4-2/h22H,2-21H2,1H3,(H,26,27)(H,28,29)(H,30,31);3*1-2H3/t22-;;;/m0.../s1. The molecule has 0 aromatic carbocycles. The molecule has 1 amide bonds. The van der Waals surface area contributed by atoms with Crippen LogP contribution in [0.2, 0.25) is 0 Å². The Balaban J connectivity index is -0.000000532. The molecule has 6 nitrogen and oxygen atoms in total. The van der Waals surface area contributed by atoms with Gasteiger partial charge in [0.25, 0.3) is 0 Å². The number of rotatable bonds is 26. The average molecular weight is 724 g/mol. The fraction of sp³-hybridized carbons (Fsp3) is 0.903. The largest absolute Gasteiger partial charge is 0.481 e. The highest BCUT2D eigenvalue weighted by molar-refractivity contribution is 8.76. The number of hydrogen-bond donors (Lipinski definition) is 3. The molecule has 0 heterocycles. The number of hydrogen-bond acceptors (Lipinski definition) is 9. The Hall–Kier alpha value is 0.510. The second kappa shape index (κ2) is 46.9. The first-order valence-electron chi connectivity index (χ1n) is 15.6. The SMILES string of the molecule is CSSC.CSSC.CSSC.C[C@@H](CCCCNC(=O)CCCCCCCCCCCCCCCCC(=O)O)C(=O)O. The third-order valence-electron chi connectivity index (χ3n) is 6.35. The quantitative estimate of drug-likeness (QED) is 0.0587. The lowest BCUT2D eigenvalue weighted by atomic mass is 10.0. The third-order valence-corrected chi connectivity index (χ3v) is 10.4. The van der Waals surface area contributed by atoms with Crippen LogP contribution in [0.4, 0.5) is 0 Å². The molecule has 0 aliphatic carbocycles. The van der Waals surface area contributed by atoms with E-state index in [2.05, 4.69) is 42.9 Å². The van der Waals surface area contributed by atoms with E-state index in [1.807, 2.05) is 0 Å². The normalized spacial score (nSPS) is 10.7. The van der Waals surface area contributed by atoms with E-state index in [1.54, 1.807) is 71.7 Å². The van der Waals surface area contributed by atoms with Crippen LogP contribution in [0.3, 0.4) is 0 Å². The van der Waals surface area contributed by atoms with Gasteiger partial charge in [-0.25, -0.2) is 0 Å². The molecule has 1 atom stereocenters. The van der Waals surface area contributed by atoms with Crippen LogP contribution in [-0.2, 0) is 14.4 Å². The number of amides is 1. The van der Waals surface area contributed by atoms with Gasteiger partial charge < -0.3 is 15.5 Å². The molecule has 0 aromatic rings. The van der Waals surface area contributed by atoms with Crippen molar-refractivity contribution < 1.29 is 24.6 Å². The van der Waals surface area contributed by atoms with Crippen LogP contribution >= 0.6 is 64.8 Å².